The van der Waals surface area contributed by atoms with Crippen molar-refractivity contribution in [2.24, 2.45) is 10.7 Å². The molecule has 0 radical (unpaired) electrons. The summed E-state index contributed by atoms with van der Waals surface area (Å²) >= 11 is 0. The Morgan fingerprint density at radius 1 is 1.71 bits per heavy atom. The van der Waals surface area contributed by atoms with Crippen LogP contribution in [-0.4, -0.2) is 30.3 Å². The van der Waals surface area contributed by atoms with Crippen LogP contribution in [0.1, 0.15) is 6.92 Å². The summed E-state index contributed by atoms with van der Waals surface area (Å²) in [4.78, 5) is 23.5. The second-order valence-electron chi connectivity index (χ2n) is 2.14. The monoisotopic (exact) mass is 201 g/mol. The highest BCUT2D eigenvalue weighted by Gasteiger charge is 1.98. The lowest BCUT2D eigenvalue weighted by atomic mass is 10.6. The van der Waals surface area contributed by atoms with Crippen LogP contribution in [0, 0.1) is 10.1 Å². The lowest BCUT2D eigenvalue weighted by Gasteiger charge is -1.95. The van der Waals surface area contributed by atoms with Crippen molar-refractivity contribution in [3.8, 4) is 0 Å². The van der Waals surface area contributed by atoms with Crippen molar-refractivity contribution in [3.05, 3.63) is 22.0 Å². The van der Waals surface area contributed by atoms with E-state index in [1.54, 1.807) is 6.92 Å². The van der Waals surface area contributed by atoms with Crippen molar-refractivity contribution < 1.29 is 14.5 Å². The van der Waals surface area contributed by atoms with Gasteiger partial charge in [0.1, 0.15) is 6.54 Å². The van der Waals surface area contributed by atoms with Crippen molar-refractivity contribution in [2.75, 3.05) is 13.2 Å². The van der Waals surface area contributed by atoms with Crippen LogP contribution in [0.25, 0.3) is 0 Å². The summed E-state index contributed by atoms with van der Waals surface area (Å²) in [6.45, 7) is 1.78. The van der Waals surface area contributed by atoms with E-state index in [9.17, 15) is 14.9 Å². The van der Waals surface area contributed by atoms with Gasteiger partial charge in [0, 0.05) is 12.3 Å². The van der Waals surface area contributed by atoms with Crippen LogP contribution < -0.4 is 5.73 Å². The number of nitro groups is 1. The largest absolute Gasteiger partial charge is 0.465 e. The number of carbonyl (C=O) groups is 1. The maximum Gasteiger partial charge on any atom is 0.327 e. The molecule has 0 spiro atoms. The molecule has 0 saturated carbocycles. The van der Waals surface area contributed by atoms with Gasteiger partial charge in [-0.3, -0.25) is 15.5 Å². The smallest absolute Gasteiger partial charge is 0.327 e. The van der Waals surface area contributed by atoms with Crippen LogP contribution in [-0.2, 0) is 9.53 Å². The Bertz CT molecular complexity index is 272. The van der Waals surface area contributed by atoms with Gasteiger partial charge in [-0.2, -0.15) is 0 Å². The van der Waals surface area contributed by atoms with Gasteiger partial charge in [-0.25, -0.2) is 0 Å². The van der Waals surface area contributed by atoms with E-state index in [0.717, 1.165) is 12.3 Å². The summed E-state index contributed by atoms with van der Waals surface area (Å²) in [5.74, 6) is -1.02. The molecular weight excluding hydrogens is 190 g/mol. The zero-order valence-electron chi connectivity index (χ0n) is 7.67. The average Bonchev–Trinajstić information content (AvgIpc) is 2.12. The summed E-state index contributed by atoms with van der Waals surface area (Å²) in [5, 5.41) is 9.99. The lowest BCUT2D eigenvalue weighted by molar-refractivity contribution is -0.426. The maximum absolute atomic E-state index is 10.7. The van der Waals surface area contributed by atoms with E-state index >= 15 is 0 Å². The third kappa shape index (κ3) is 5.70. The summed E-state index contributed by atoms with van der Waals surface area (Å²) in [6.07, 6.45) is 2.09. The average molecular weight is 201 g/mol. The highest BCUT2D eigenvalue weighted by Crippen LogP contribution is 1.83. The molecule has 0 fully saturated rings. The maximum atomic E-state index is 10.7. The summed E-state index contributed by atoms with van der Waals surface area (Å²) < 4.78 is 4.56. The molecule has 0 unspecified atom stereocenters. The van der Waals surface area contributed by atoms with Crippen LogP contribution in [0.5, 0.6) is 0 Å². The molecule has 0 aromatic heterocycles. The van der Waals surface area contributed by atoms with Gasteiger partial charge in [0.25, 0.3) is 0 Å². The molecule has 0 aromatic carbocycles. The normalized spacial score (nSPS) is 11.6. The predicted octanol–water partition coefficient (Wildman–Crippen LogP) is -0.303. The van der Waals surface area contributed by atoms with Gasteiger partial charge in [0.05, 0.1) is 6.61 Å². The minimum atomic E-state index is -0.754. The quantitative estimate of drug-likeness (QED) is 0.284. The Morgan fingerprint density at radius 2 is 2.36 bits per heavy atom. The van der Waals surface area contributed by atoms with Crippen LogP contribution in [0.3, 0.4) is 0 Å². The molecule has 0 saturated heterocycles. The number of rotatable bonds is 5. The molecule has 0 rings (SSSR count). The van der Waals surface area contributed by atoms with Crippen LogP contribution >= 0.6 is 0 Å². The summed E-state index contributed by atoms with van der Waals surface area (Å²) in [6, 6.07) is 0. The molecule has 78 valence electrons. The van der Waals surface area contributed by atoms with E-state index in [-0.39, 0.29) is 13.2 Å². The van der Waals surface area contributed by atoms with Crippen LogP contribution in [0.2, 0.25) is 0 Å². The number of aliphatic imine (C=N–C) groups is 1. The highest BCUT2D eigenvalue weighted by molar-refractivity contribution is 5.77. The Hall–Kier alpha value is -1.92. The number of allylic oxidation sites excluding steroid dienone is 1. The molecule has 0 amide bonds. The fraction of sp³-hybridized carbons (Fsp3) is 0.429. The first-order chi connectivity index (χ1) is 6.57. The molecule has 2 N–H and O–H groups in total. The van der Waals surface area contributed by atoms with E-state index in [1.807, 2.05) is 0 Å². The van der Waals surface area contributed by atoms with Gasteiger partial charge < -0.3 is 14.9 Å². The molecule has 0 heterocycles. The van der Waals surface area contributed by atoms with Gasteiger partial charge in [-0.15, -0.1) is 0 Å². The molecule has 0 bridgehead atoms. The zero-order valence-corrected chi connectivity index (χ0v) is 7.67. The van der Waals surface area contributed by atoms with Gasteiger partial charge in [0.2, 0.25) is 0 Å². The Labute approximate surface area is 80.4 Å². The van der Waals surface area contributed by atoms with E-state index < -0.39 is 16.7 Å². The van der Waals surface area contributed by atoms with E-state index in [1.165, 1.54) is 0 Å². The fourth-order valence-corrected chi connectivity index (χ4v) is 0.524. The summed E-state index contributed by atoms with van der Waals surface area (Å²) in [7, 11) is 0. The van der Waals surface area contributed by atoms with Crippen molar-refractivity contribution in [1.29, 1.82) is 0 Å². The molecule has 0 atom stereocenters. The molecule has 0 aromatic rings. The Balaban J connectivity index is 3.90. The second-order valence-corrected chi connectivity index (χ2v) is 2.14. The number of carbonyl (C=O) groups excluding carboxylic acids is 1. The van der Waals surface area contributed by atoms with E-state index in [0.29, 0.717) is 0 Å². The van der Waals surface area contributed by atoms with E-state index in [4.69, 9.17) is 5.73 Å². The number of ether oxygens (including phenoxy) is 1. The van der Waals surface area contributed by atoms with E-state index in [2.05, 4.69) is 9.73 Å². The number of nitrogens with two attached hydrogens (primary N) is 1. The van der Waals surface area contributed by atoms with Gasteiger partial charge in [-0.05, 0) is 11.8 Å². The zero-order chi connectivity index (χ0) is 11.0. The number of hydrogen-bond acceptors (Lipinski definition) is 6. The minimum absolute atomic E-state index is 0.171. The third-order valence-electron chi connectivity index (χ3n) is 1.09. The minimum Gasteiger partial charge on any atom is -0.465 e. The first-order valence-electron chi connectivity index (χ1n) is 3.83. The SMILES string of the molecule is CCOC(=O)CN=C/C=C(\N)[N+](=O)[O-]. The van der Waals surface area contributed by atoms with Gasteiger partial charge in [-0.1, -0.05) is 0 Å². The number of nitrogens with zero attached hydrogens (tertiary/aromatic N) is 2. The standard InChI is InChI=1S/C7H11N3O4/c1-2-14-7(11)5-9-4-3-6(8)10(12)13/h3-4H,2,5,8H2,1H3/b6-3+,9-4?. The van der Waals surface area contributed by atoms with Crippen LogP contribution in [0.4, 0.5) is 0 Å². The molecule has 7 nitrogen and oxygen atoms in total. The van der Waals surface area contributed by atoms with Gasteiger partial charge in [0.15, 0.2) is 0 Å². The van der Waals surface area contributed by atoms with Crippen molar-refractivity contribution >= 4 is 12.2 Å². The van der Waals surface area contributed by atoms with Crippen molar-refractivity contribution in [3.63, 3.8) is 0 Å². The second kappa shape index (κ2) is 6.58. The Kier molecular flexibility index (Phi) is 5.68. The topological polar surface area (TPSA) is 108 Å². The first-order valence-corrected chi connectivity index (χ1v) is 3.83. The molecule has 7 heteroatoms. The molecule has 0 aliphatic heterocycles. The van der Waals surface area contributed by atoms with Crippen molar-refractivity contribution in [2.45, 2.75) is 6.92 Å². The van der Waals surface area contributed by atoms with Crippen molar-refractivity contribution in [1.82, 2.24) is 0 Å². The molecular formula is C7H11N3O4. The number of esters is 1. The van der Waals surface area contributed by atoms with Gasteiger partial charge >= 0.3 is 11.8 Å². The first kappa shape index (κ1) is 12.1. The lowest BCUT2D eigenvalue weighted by Crippen LogP contribution is -2.09. The highest BCUT2D eigenvalue weighted by atomic mass is 16.6. The summed E-state index contributed by atoms with van der Waals surface area (Å²) in [5.41, 5.74) is 4.95. The third-order valence-corrected chi connectivity index (χ3v) is 1.09. The Morgan fingerprint density at radius 3 is 2.86 bits per heavy atom. The molecule has 0 aliphatic rings. The van der Waals surface area contributed by atoms with Crippen LogP contribution in [0.15, 0.2) is 16.9 Å². The predicted molar refractivity (Wildman–Crippen MR) is 49.3 cm³/mol. The molecule has 0 aliphatic carbocycles. The number of hydrogen-bond donors (Lipinski definition) is 1. The molecule has 14 heavy (non-hydrogen) atoms. The fourth-order valence-electron chi connectivity index (χ4n) is 0.524.